The molecule has 1 aliphatic heterocycles. The molecule has 1 unspecified atom stereocenters. The second-order valence-corrected chi connectivity index (χ2v) is 4.39. The van der Waals surface area contributed by atoms with Crippen LogP contribution in [0.4, 0.5) is 0 Å². The number of rotatable bonds is 1. The van der Waals surface area contributed by atoms with E-state index >= 15 is 0 Å². The van der Waals surface area contributed by atoms with Crippen LogP contribution in [0.3, 0.4) is 0 Å². The average molecular weight is 257 g/mol. The van der Waals surface area contributed by atoms with E-state index in [1.54, 1.807) is 6.07 Å². The lowest BCUT2D eigenvalue weighted by atomic mass is 9.93. The normalized spacial score (nSPS) is 22.2. The van der Waals surface area contributed by atoms with Crippen LogP contribution in [0.15, 0.2) is 22.7 Å². The first kappa shape index (κ1) is 9.99. The van der Waals surface area contributed by atoms with Gasteiger partial charge in [-0.2, -0.15) is 0 Å². The Morgan fingerprint density at radius 1 is 1.43 bits per heavy atom. The van der Waals surface area contributed by atoms with E-state index in [9.17, 15) is 5.11 Å². The third kappa shape index (κ3) is 1.93. The molecule has 1 aromatic rings. The largest absolute Gasteiger partial charge is 0.507 e. The summed E-state index contributed by atoms with van der Waals surface area (Å²) in [4.78, 5) is 0. The minimum absolute atomic E-state index is 0.313. The third-order valence-corrected chi connectivity index (χ3v) is 3.47. The van der Waals surface area contributed by atoms with Crippen molar-refractivity contribution in [2.75, 3.05) is 13.2 Å². The lowest BCUT2D eigenvalue weighted by molar-refractivity contribution is 0.0802. The van der Waals surface area contributed by atoms with E-state index in [1.165, 1.54) is 0 Å². The SMILES string of the molecule is Oc1cccc(C2CCCOC2)c1Br. The number of ether oxygens (including phenoxy) is 1. The fourth-order valence-electron chi connectivity index (χ4n) is 1.84. The van der Waals surface area contributed by atoms with Gasteiger partial charge in [-0.15, -0.1) is 0 Å². The third-order valence-electron chi connectivity index (χ3n) is 2.61. The maximum Gasteiger partial charge on any atom is 0.130 e. The molecule has 1 atom stereocenters. The van der Waals surface area contributed by atoms with Crippen LogP contribution < -0.4 is 0 Å². The quantitative estimate of drug-likeness (QED) is 0.837. The van der Waals surface area contributed by atoms with Gasteiger partial charge in [0.15, 0.2) is 0 Å². The first-order valence-corrected chi connectivity index (χ1v) is 5.63. The van der Waals surface area contributed by atoms with Gasteiger partial charge in [-0.25, -0.2) is 0 Å². The summed E-state index contributed by atoms with van der Waals surface area (Å²) < 4.78 is 6.24. The molecule has 2 nitrogen and oxygen atoms in total. The Bertz CT molecular complexity index is 319. The Labute approximate surface area is 92.0 Å². The number of hydrogen-bond acceptors (Lipinski definition) is 2. The molecule has 76 valence electrons. The summed E-state index contributed by atoms with van der Waals surface area (Å²) in [6, 6.07) is 5.62. The van der Waals surface area contributed by atoms with Crippen LogP contribution in [-0.2, 0) is 4.74 Å². The van der Waals surface area contributed by atoms with Crippen LogP contribution in [0.25, 0.3) is 0 Å². The summed E-state index contributed by atoms with van der Waals surface area (Å²) in [5, 5.41) is 9.54. The molecule has 0 aliphatic carbocycles. The molecule has 14 heavy (non-hydrogen) atoms. The Morgan fingerprint density at radius 3 is 3.00 bits per heavy atom. The van der Waals surface area contributed by atoms with Crippen LogP contribution in [0.1, 0.15) is 24.3 Å². The van der Waals surface area contributed by atoms with Crippen molar-refractivity contribution in [1.82, 2.24) is 0 Å². The average Bonchev–Trinajstić information content (AvgIpc) is 2.23. The molecule has 1 heterocycles. The van der Waals surface area contributed by atoms with Gasteiger partial charge in [0.25, 0.3) is 0 Å². The molecule has 1 saturated heterocycles. The number of phenolic OH excluding ortho intramolecular Hbond substituents is 1. The van der Waals surface area contributed by atoms with Crippen molar-refractivity contribution in [1.29, 1.82) is 0 Å². The smallest absolute Gasteiger partial charge is 0.130 e. The highest BCUT2D eigenvalue weighted by Gasteiger charge is 2.19. The topological polar surface area (TPSA) is 29.5 Å². The summed E-state index contributed by atoms with van der Waals surface area (Å²) in [5.74, 6) is 0.735. The predicted molar refractivity (Wildman–Crippen MR) is 58.6 cm³/mol. The predicted octanol–water partition coefficient (Wildman–Crippen LogP) is 3.05. The molecule has 2 rings (SSSR count). The molecular formula is C11H13BrO2. The van der Waals surface area contributed by atoms with Gasteiger partial charge in [0.05, 0.1) is 11.1 Å². The van der Waals surface area contributed by atoms with Crippen molar-refractivity contribution < 1.29 is 9.84 Å². The first-order valence-electron chi connectivity index (χ1n) is 4.84. The number of hydrogen-bond donors (Lipinski definition) is 1. The fraction of sp³-hybridized carbons (Fsp3) is 0.455. The first-order chi connectivity index (χ1) is 6.79. The lowest BCUT2D eigenvalue weighted by Gasteiger charge is -2.23. The van der Waals surface area contributed by atoms with Crippen LogP contribution >= 0.6 is 15.9 Å². The molecule has 0 spiro atoms. The molecule has 3 heteroatoms. The van der Waals surface area contributed by atoms with Gasteiger partial charge in [-0.05, 0) is 40.4 Å². The molecule has 1 aliphatic rings. The second-order valence-electron chi connectivity index (χ2n) is 3.59. The van der Waals surface area contributed by atoms with E-state index in [0.29, 0.717) is 11.7 Å². The molecular weight excluding hydrogens is 244 g/mol. The summed E-state index contributed by atoms with van der Waals surface area (Å²) in [6.45, 7) is 1.63. The fourth-order valence-corrected chi connectivity index (χ4v) is 2.43. The monoisotopic (exact) mass is 256 g/mol. The second kappa shape index (κ2) is 4.32. The maximum atomic E-state index is 9.54. The minimum Gasteiger partial charge on any atom is -0.507 e. The summed E-state index contributed by atoms with van der Waals surface area (Å²) in [5.41, 5.74) is 1.16. The molecule has 0 aromatic heterocycles. The molecule has 0 radical (unpaired) electrons. The van der Waals surface area contributed by atoms with Crippen LogP contribution in [-0.4, -0.2) is 18.3 Å². The van der Waals surface area contributed by atoms with E-state index in [-0.39, 0.29) is 0 Å². The van der Waals surface area contributed by atoms with Crippen LogP contribution in [0, 0.1) is 0 Å². The number of phenols is 1. The standard InChI is InChI=1S/C11H13BrO2/c12-11-9(4-1-5-10(11)13)8-3-2-6-14-7-8/h1,4-5,8,13H,2-3,6-7H2. The Hall–Kier alpha value is -0.540. The molecule has 0 bridgehead atoms. The highest BCUT2D eigenvalue weighted by atomic mass is 79.9. The molecule has 1 fully saturated rings. The molecule has 1 N–H and O–H groups in total. The van der Waals surface area contributed by atoms with Gasteiger partial charge in [-0.3, -0.25) is 0 Å². The summed E-state index contributed by atoms with van der Waals surface area (Å²) in [7, 11) is 0. The van der Waals surface area contributed by atoms with Crippen molar-refractivity contribution in [3.63, 3.8) is 0 Å². The van der Waals surface area contributed by atoms with Crippen LogP contribution in [0.2, 0.25) is 0 Å². The van der Waals surface area contributed by atoms with Crippen molar-refractivity contribution in [3.05, 3.63) is 28.2 Å². The Balaban J connectivity index is 2.26. The zero-order chi connectivity index (χ0) is 9.97. The Morgan fingerprint density at radius 2 is 2.29 bits per heavy atom. The van der Waals surface area contributed by atoms with Crippen molar-refractivity contribution in [3.8, 4) is 5.75 Å². The van der Waals surface area contributed by atoms with E-state index in [2.05, 4.69) is 15.9 Å². The van der Waals surface area contributed by atoms with Gasteiger partial charge in [-0.1, -0.05) is 12.1 Å². The van der Waals surface area contributed by atoms with E-state index < -0.39 is 0 Å². The van der Waals surface area contributed by atoms with Crippen molar-refractivity contribution in [2.45, 2.75) is 18.8 Å². The lowest BCUT2D eigenvalue weighted by Crippen LogP contribution is -2.15. The van der Waals surface area contributed by atoms with Crippen LogP contribution in [0.5, 0.6) is 5.75 Å². The van der Waals surface area contributed by atoms with E-state index in [0.717, 1.165) is 36.1 Å². The molecule has 0 saturated carbocycles. The Kier molecular flexibility index (Phi) is 3.08. The van der Waals surface area contributed by atoms with E-state index in [1.807, 2.05) is 12.1 Å². The molecule has 1 aromatic carbocycles. The molecule has 0 amide bonds. The van der Waals surface area contributed by atoms with Gasteiger partial charge >= 0.3 is 0 Å². The van der Waals surface area contributed by atoms with Crippen molar-refractivity contribution >= 4 is 15.9 Å². The highest BCUT2D eigenvalue weighted by Crippen LogP contribution is 2.35. The summed E-state index contributed by atoms with van der Waals surface area (Å²) in [6.07, 6.45) is 2.24. The maximum absolute atomic E-state index is 9.54. The van der Waals surface area contributed by atoms with Crippen molar-refractivity contribution in [2.24, 2.45) is 0 Å². The zero-order valence-electron chi connectivity index (χ0n) is 7.87. The van der Waals surface area contributed by atoms with Gasteiger partial charge in [0.1, 0.15) is 5.75 Å². The van der Waals surface area contributed by atoms with Gasteiger partial charge in [0, 0.05) is 12.5 Å². The van der Waals surface area contributed by atoms with E-state index in [4.69, 9.17) is 4.74 Å². The van der Waals surface area contributed by atoms with Gasteiger partial charge < -0.3 is 9.84 Å². The minimum atomic E-state index is 0.313. The van der Waals surface area contributed by atoms with Gasteiger partial charge in [0.2, 0.25) is 0 Å². The highest BCUT2D eigenvalue weighted by molar-refractivity contribution is 9.10. The zero-order valence-corrected chi connectivity index (χ0v) is 9.46. The summed E-state index contributed by atoms with van der Waals surface area (Å²) >= 11 is 3.41. The number of benzene rings is 1. The number of aromatic hydroxyl groups is 1. The number of halogens is 1.